The fourth-order valence-corrected chi connectivity index (χ4v) is 3.42. The summed E-state index contributed by atoms with van der Waals surface area (Å²) in [5.41, 5.74) is -1.64. The molecule has 2 fully saturated rings. The van der Waals surface area contributed by atoms with Crippen LogP contribution in [0, 0.1) is 0 Å². The van der Waals surface area contributed by atoms with Crippen molar-refractivity contribution in [1.82, 2.24) is 0 Å². The van der Waals surface area contributed by atoms with E-state index >= 15 is 0 Å². The molecule has 0 aliphatic heterocycles. The molecule has 0 saturated heterocycles. The van der Waals surface area contributed by atoms with Gasteiger partial charge in [-0.05, 0) is 39.5 Å². The van der Waals surface area contributed by atoms with Crippen molar-refractivity contribution in [1.29, 1.82) is 0 Å². The molecule has 0 amide bonds. The minimum absolute atomic E-state index is 0.0716. The molecule has 0 N–H and O–H groups in total. The predicted octanol–water partition coefficient (Wildman–Crippen LogP) is 2.27. The number of carbonyl (C=O) groups excluding carboxylic acids is 4. The maximum absolute atomic E-state index is 11.9. The topological polar surface area (TPSA) is 86.7 Å². The van der Waals surface area contributed by atoms with Crippen molar-refractivity contribution >= 4 is 23.5 Å². The highest BCUT2D eigenvalue weighted by Crippen LogP contribution is 2.31. The van der Waals surface area contributed by atoms with Crippen LogP contribution in [0.25, 0.3) is 0 Å². The first-order valence-corrected chi connectivity index (χ1v) is 8.17. The standard InChI is InChI=1S/C17H24O6/c1-16(7-3-5-12(18)10-16)22-14(20)9-15(21)23-17(2)8-4-6-13(19)11-17/h3-11H2,1-2H3. The van der Waals surface area contributed by atoms with Crippen LogP contribution in [0.3, 0.4) is 0 Å². The lowest BCUT2D eigenvalue weighted by Crippen LogP contribution is -2.40. The van der Waals surface area contributed by atoms with E-state index in [1.54, 1.807) is 13.8 Å². The molecule has 128 valence electrons. The Kier molecular flexibility index (Phi) is 5.22. The predicted molar refractivity (Wildman–Crippen MR) is 80.6 cm³/mol. The van der Waals surface area contributed by atoms with Gasteiger partial charge in [0.05, 0.1) is 0 Å². The lowest BCUT2D eigenvalue weighted by molar-refractivity contribution is -0.173. The van der Waals surface area contributed by atoms with Crippen LogP contribution in [0.2, 0.25) is 0 Å². The Bertz CT molecular complexity index is 479. The third-order valence-corrected chi connectivity index (χ3v) is 4.47. The van der Waals surface area contributed by atoms with Crippen LogP contribution in [0.15, 0.2) is 0 Å². The summed E-state index contributed by atoms with van der Waals surface area (Å²) in [4.78, 5) is 46.9. The van der Waals surface area contributed by atoms with E-state index in [0.29, 0.717) is 38.5 Å². The average molecular weight is 324 g/mol. The lowest BCUT2D eigenvalue weighted by atomic mass is 9.85. The van der Waals surface area contributed by atoms with E-state index in [0.717, 1.165) is 0 Å². The van der Waals surface area contributed by atoms with E-state index < -0.39 is 29.6 Å². The summed E-state index contributed by atoms with van der Waals surface area (Å²) in [6.45, 7) is 3.43. The van der Waals surface area contributed by atoms with Gasteiger partial charge in [-0.3, -0.25) is 19.2 Å². The first-order valence-electron chi connectivity index (χ1n) is 8.17. The number of rotatable bonds is 4. The molecule has 0 aromatic rings. The van der Waals surface area contributed by atoms with E-state index in [4.69, 9.17) is 9.47 Å². The number of ketones is 2. The molecule has 0 aromatic carbocycles. The number of esters is 2. The Morgan fingerprint density at radius 2 is 1.26 bits per heavy atom. The van der Waals surface area contributed by atoms with Crippen molar-refractivity contribution in [3.63, 3.8) is 0 Å². The number of hydrogen-bond acceptors (Lipinski definition) is 6. The van der Waals surface area contributed by atoms with Crippen LogP contribution in [-0.2, 0) is 28.7 Å². The Labute approximate surface area is 135 Å². The molecule has 2 atom stereocenters. The van der Waals surface area contributed by atoms with Gasteiger partial charge < -0.3 is 9.47 Å². The van der Waals surface area contributed by atoms with E-state index in [2.05, 4.69) is 0 Å². The van der Waals surface area contributed by atoms with Gasteiger partial charge >= 0.3 is 11.9 Å². The monoisotopic (exact) mass is 324 g/mol. The third-order valence-electron chi connectivity index (χ3n) is 4.47. The molecule has 2 aliphatic rings. The molecule has 0 heterocycles. The summed E-state index contributed by atoms with van der Waals surface area (Å²) in [7, 11) is 0. The van der Waals surface area contributed by atoms with Gasteiger partial charge in [-0.1, -0.05) is 0 Å². The van der Waals surface area contributed by atoms with Crippen LogP contribution in [0.1, 0.15) is 71.6 Å². The van der Waals surface area contributed by atoms with Crippen molar-refractivity contribution in [2.24, 2.45) is 0 Å². The van der Waals surface area contributed by atoms with Gasteiger partial charge in [0, 0.05) is 25.7 Å². The molecular formula is C17H24O6. The van der Waals surface area contributed by atoms with Gasteiger partial charge in [0.1, 0.15) is 29.2 Å². The SMILES string of the molecule is CC1(OC(=O)CC(=O)OC2(C)CCCC(=O)C2)CCCC(=O)C1. The Hall–Kier alpha value is -1.72. The molecule has 0 aromatic heterocycles. The van der Waals surface area contributed by atoms with Gasteiger partial charge in [0.2, 0.25) is 0 Å². The van der Waals surface area contributed by atoms with Crippen molar-refractivity contribution < 1.29 is 28.7 Å². The maximum atomic E-state index is 11.9. The fraction of sp³-hybridized carbons (Fsp3) is 0.765. The highest BCUT2D eigenvalue weighted by atomic mass is 16.6. The molecule has 6 heteroatoms. The third kappa shape index (κ3) is 5.15. The van der Waals surface area contributed by atoms with Crippen molar-refractivity contribution in [2.45, 2.75) is 82.8 Å². The second-order valence-corrected chi connectivity index (χ2v) is 7.16. The number of hydrogen-bond donors (Lipinski definition) is 0. The largest absolute Gasteiger partial charge is 0.458 e. The van der Waals surface area contributed by atoms with E-state index in [-0.39, 0.29) is 24.4 Å². The number of Topliss-reactive ketones (excluding diaryl/α,β-unsaturated/α-hetero) is 2. The quantitative estimate of drug-likeness (QED) is 0.582. The van der Waals surface area contributed by atoms with E-state index in [1.165, 1.54) is 0 Å². The molecule has 2 rings (SSSR count). The summed E-state index contributed by atoms with van der Waals surface area (Å²) in [6, 6.07) is 0. The van der Waals surface area contributed by atoms with Crippen LogP contribution in [0.5, 0.6) is 0 Å². The number of carbonyl (C=O) groups is 4. The molecule has 23 heavy (non-hydrogen) atoms. The zero-order chi connectivity index (χ0) is 17.1. The number of ether oxygens (including phenoxy) is 2. The van der Waals surface area contributed by atoms with Crippen LogP contribution < -0.4 is 0 Å². The zero-order valence-corrected chi connectivity index (χ0v) is 13.8. The van der Waals surface area contributed by atoms with Gasteiger partial charge in [0.15, 0.2) is 0 Å². The normalized spacial score (nSPS) is 31.6. The Morgan fingerprint density at radius 1 is 0.870 bits per heavy atom. The molecule has 0 radical (unpaired) electrons. The summed E-state index contributed by atoms with van der Waals surface area (Å²) < 4.78 is 10.7. The molecule has 2 aliphatic carbocycles. The highest BCUT2D eigenvalue weighted by Gasteiger charge is 2.37. The van der Waals surface area contributed by atoms with Crippen molar-refractivity contribution in [3.05, 3.63) is 0 Å². The summed E-state index contributed by atoms with van der Waals surface area (Å²) in [5, 5.41) is 0. The molecule has 0 bridgehead atoms. The summed E-state index contributed by atoms with van der Waals surface area (Å²) in [6.07, 6.45) is 3.54. The molecule has 2 saturated carbocycles. The van der Waals surface area contributed by atoms with Gasteiger partial charge in [0.25, 0.3) is 0 Å². The van der Waals surface area contributed by atoms with Gasteiger partial charge in [-0.25, -0.2) is 0 Å². The first kappa shape index (κ1) is 17.6. The Balaban J connectivity index is 1.83. The van der Waals surface area contributed by atoms with Crippen LogP contribution in [-0.4, -0.2) is 34.7 Å². The molecule has 6 nitrogen and oxygen atoms in total. The van der Waals surface area contributed by atoms with E-state index in [1.807, 2.05) is 0 Å². The second kappa shape index (κ2) is 6.81. The van der Waals surface area contributed by atoms with Crippen LogP contribution >= 0.6 is 0 Å². The van der Waals surface area contributed by atoms with Gasteiger partial charge in [-0.15, -0.1) is 0 Å². The minimum atomic E-state index is -0.822. The molecule has 2 unspecified atom stereocenters. The Morgan fingerprint density at radius 3 is 1.61 bits per heavy atom. The molecule has 0 spiro atoms. The van der Waals surface area contributed by atoms with Gasteiger partial charge in [-0.2, -0.15) is 0 Å². The average Bonchev–Trinajstić information content (AvgIpc) is 2.35. The maximum Gasteiger partial charge on any atom is 0.317 e. The van der Waals surface area contributed by atoms with Crippen molar-refractivity contribution in [2.75, 3.05) is 0 Å². The minimum Gasteiger partial charge on any atom is -0.458 e. The zero-order valence-electron chi connectivity index (χ0n) is 13.8. The highest BCUT2D eigenvalue weighted by molar-refractivity contribution is 5.92. The van der Waals surface area contributed by atoms with Crippen molar-refractivity contribution in [3.8, 4) is 0 Å². The molecular weight excluding hydrogens is 300 g/mol. The first-order chi connectivity index (χ1) is 10.7. The summed E-state index contributed by atoms with van der Waals surface area (Å²) in [5.74, 6) is -1.22. The fourth-order valence-electron chi connectivity index (χ4n) is 3.42. The van der Waals surface area contributed by atoms with Crippen LogP contribution in [0.4, 0.5) is 0 Å². The summed E-state index contributed by atoms with van der Waals surface area (Å²) >= 11 is 0. The second-order valence-electron chi connectivity index (χ2n) is 7.16. The lowest BCUT2D eigenvalue weighted by Gasteiger charge is -2.33. The van der Waals surface area contributed by atoms with E-state index in [9.17, 15) is 19.2 Å². The smallest absolute Gasteiger partial charge is 0.317 e.